The predicted molar refractivity (Wildman–Crippen MR) is 70.4 cm³/mol. The number of benzene rings is 1. The molecule has 0 amide bonds. The maximum absolute atomic E-state index is 9.50. The van der Waals surface area contributed by atoms with E-state index in [-0.39, 0.29) is 0 Å². The summed E-state index contributed by atoms with van der Waals surface area (Å²) in [6.45, 7) is 1.74. The highest BCUT2D eigenvalue weighted by atomic mass is 35.5. The minimum absolute atomic E-state index is 0.470. The van der Waals surface area contributed by atoms with Crippen molar-refractivity contribution in [1.82, 2.24) is 4.98 Å². The molecule has 0 radical (unpaired) electrons. The van der Waals surface area contributed by atoms with Gasteiger partial charge in [0.15, 0.2) is 0 Å². The van der Waals surface area contributed by atoms with Gasteiger partial charge < -0.3 is 5.11 Å². The standard InChI is InChI=1S/C13H12ClNOS/c1-9(16)10-6-7-15-13(8-10)17-12-4-2-11(14)3-5-12/h2-9,16H,1H3/t9-/m1/s1. The van der Waals surface area contributed by atoms with E-state index in [1.54, 1.807) is 24.9 Å². The molecule has 88 valence electrons. The SMILES string of the molecule is C[C@@H](O)c1ccnc(Sc2ccc(Cl)cc2)c1. The Morgan fingerprint density at radius 3 is 2.59 bits per heavy atom. The van der Waals surface area contributed by atoms with Crippen LogP contribution < -0.4 is 0 Å². The monoisotopic (exact) mass is 265 g/mol. The lowest BCUT2D eigenvalue weighted by Gasteiger charge is -2.06. The molecule has 0 saturated carbocycles. The van der Waals surface area contributed by atoms with E-state index in [1.807, 2.05) is 36.4 Å². The number of aliphatic hydroxyl groups is 1. The fourth-order valence-corrected chi connectivity index (χ4v) is 2.31. The summed E-state index contributed by atoms with van der Waals surface area (Å²) in [5, 5.41) is 11.1. The van der Waals surface area contributed by atoms with Gasteiger partial charge in [0.1, 0.15) is 5.03 Å². The molecule has 1 atom stereocenters. The number of nitrogens with zero attached hydrogens (tertiary/aromatic N) is 1. The molecule has 0 unspecified atom stereocenters. The number of hydrogen-bond acceptors (Lipinski definition) is 3. The lowest BCUT2D eigenvalue weighted by atomic mass is 10.2. The number of rotatable bonds is 3. The zero-order valence-corrected chi connectivity index (χ0v) is 10.9. The first kappa shape index (κ1) is 12.4. The zero-order valence-electron chi connectivity index (χ0n) is 9.30. The Labute approximate surface area is 110 Å². The van der Waals surface area contributed by atoms with Gasteiger partial charge in [-0.25, -0.2) is 4.98 Å². The van der Waals surface area contributed by atoms with E-state index in [2.05, 4.69) is 4.98 Å². The highest BCUT2D eigenvalue weighted by molar-refractivity contribution is 7.99. The van der Waals surface area contributed by atoms with Gasteiger partial charge >= 0.3 is 0 Å². The number of halogens is 1. The van der Waals surface area contributed by atoms with Crippen molar-refractivity contribution in [2.75, 3.05) is 0 Å². The smallest absolute Gasteiger partial charge is 0.101 e. The molecule has 1 heterocycles. The summed E-state index contributed by atoms with van der Waals surface area (Å²) in [4.78, 5) is 5.33. The van der Waals surface area contributed by atoms with Crippen LogP contribution in [0.3, 0.4) is 0 Å². The quantitative estimate of drug-likeness (QED) is 0.913. The van der Waals surface area contributed by atoms with Crippen LogP contribution in [0.2, 0.25) is 5.02 Å². The third kappa shape index (κ3) is 3.46. The van der Waals surface area contributed by atoms with E-state index in [0.29, 0.717) is 0 Å². The Kier molecular flexibility index (Phi) is 4.05. The van der Waals surface area contributed by atoms with Crippen molar-refractivity contribution in [3.8, 4) is 0 Å². The van der Waals surface area contributed by atoms with Crippen LogP contribution in [0.25, 0.3) is 0 Å². The molecule has 2 aromatic rings. The van der Waals surface area contributed by atoms with Gasteiger partial charge in [0, 0.05) is 16.1 Å². The van der Waals surface area contributed by atoms with Crippen molar-refractivity contribution in [1.29, 1.82) is 0 Å². The van der Waals surface area contributed by atoms with E-state index in [9.17, 15) is 5.11 Å². The van der Waals surface area contributed by atoms with Crippen LogP contribution in [0.15, 0.2) is 52.5 Å². The van der Waals surface area contributed by atoms with Crippen LogP contribution in [-0.4, -0.2) is 10.1 Å². The first-order valence-corrected chi connectivity index (χ1v) is 6.42. The molecule has 2 nitrogen and oxygen atoms in total. The Morgan fingerprint density at radius 1 is 1.24 bits per heavy atom. The third-order valence-corrected chi connectivity index (χ3v) is 3.47. The van der Waals surface area contributed by atoms with Crippen LogP contribution in [0.1, 0.15) is 18.6 Å². The summed E-state index contributed by atoms with van der Waals surface area (Å²) in [5.41, 5.74) is 0.872. The van der Waals surface area contributed by atoms with Crippen LogP contribution >= 0.6 is 23.4 Å². The van der Waals surface area contributed by atoms with Crippen LogP contribution in [0.4, 0.5) is 0 Å². The predicted octanol–water partition coefficient (Wildman–Crippen LogP) is 3.94. The summed E-state index contributed by atoms with van der Waals surface area (Å²) in [7, 11) is 0. The van der Waals surface area contributed by atoms with Crippen molar-refractivity contribution >= 4 is 23.4 Å². The van der Waals surface area contributed by atoms with Crippen LogP contribution in [0, 0.1) is 0 Å². The molecule has 1 aromatic heterocycles. The minimum Gasteiger partial charge on any atom is -0.389 e. The Bertz CT molecular complexity index is 499. The van der Waals surface area contributed by atoms with Gasteiger partial charge in [-0.1, -0.05) is 23.4 Å². The molecule has 17 heavy (non-hydrogen) atoms. The molecule has 0 saturated heterocycles. The second-order valence-corrected chi connectivity index (χ2v) is 5.19. The maximum atomic E-state index is 9.50. The highest BCUT2D eigenvalue weighted by Gasteiger charge is 2.04. The lowest BCUT2D eigenvalue weighted by molar-refractivity contribution is 0.199. The van der Waals surface area contributed by atoms with E-state index < -0.39 is 6.10 Å². The second-order valence-electron chi connectivity index (χ2n) is 3.66. The fraction of sp³-hybridized carbons (Fsp3) is 0.154. The number of aliphatic hydroxyl groups excluding tert-OH is 1. The molecule has 0 fully saturated rings. The molecule has 4 heteroatoms. The second kappa shape index (κ2) is 5.54. The summed E-state index contributed by atoms with van der Waals surface area (Å²) in [6, 6.07) is 11.3. The zero-order chi connectivity index (χ0) is 12.3. The largest absolute Gasteiger partial charge is 0.389 e. The average Bonchev–Trinajstić information content (AvgIpc) is 2.32. The first-order valence-electron chi connectivity index (χ1n) is 5.22. The van der Waals surface area contributed by atoms with E-state index in [0.717, 1.165) is 20.5 Å². The van der Waals surface area contributed by atoms with E-state index in [1.165, 1.54) is 0 Å². The summed E-state index contributed by atoms with van der Waals surface area (Å²) < 4.78 is 0. The third-order valence-electron chi connectivity index (χ3n) is 2.28. The molecular formula is C13H12ClNOS. The van der Waals surface area contributed by atoms with Gasteiger partial charge in [0.05, 0.1) is 6.10 Å². The molecule has 0 aliphatic heterocycles. The van der Waals surface area contributed by atoms with Gasteiger partial charge in [0.2, 0.25) is 0 Å². The fourth-order valence-electron chi connectivity index (χ4n) is 1.36. The molecule has 0 aliphatic rings. The van der Waals surface area contributed by atoms with E-state index in [4.69, 9.17) is 11.6 Å². The Hall–Kier alpha value is -1.03. The van der Waals surface area contributed by atoms with Crippen molar-refractivity contribution in [2.45, 2.75) is 22.9 Å². The van der Waals surface area contributed by atoms with Gasteiger partial charge in [-0.2, -0.15) is 0 Å². The topological polar surface area (TPSA) is 33.1 Å². The lowest BCUT2D eigenvalue weighted by Crippen LogP contribution is -1.92. The van der Waals surface area contributed by atoms with Crippen molar-refractivity contribution < 1.29 is 5.11 Å². The van der Waals surface area contributed by atoms with Crippen LogP contribution in [0.5, 0.6) is 0 Å². The van der Waals surface area contributed by atoms with Gasteiger partial charge in [-0.3, -0.25) is 0 Å². The van der Waals surface area contributed by atoms with Crippen molar-refractivity contribution in [3.63, 3.8) is 0 Å². The summed E-state index contributed by atoms with van der Waals surface area (Å²) >= 11 is 7.37. The molecule has 1 N–H and O–H groups in total. The first-order chi connectivity index (χ1) is 8.15. The number of hydrogen-bond donors (Lipinski definition) is 1. The summed E-state index contributed by atoms with van der Waals surface area (Å²) in [5.74, 6) is 0. The van der Waals surface area contributed by atoms with Gasteiger partial charge in [0.25, 0.3) is 0 Å². The minimum atomic E-state index is -0.470. The van der Waals surface area contributed by atoms with E-state index >= 15 is 0 Å². The molecule has 0 spiro atoms. The molecule has 2 rings (SSSR count). The maximum Gasteiger partial charge on any atom is 0.101 e. The number of aromatic nitrogens is 1. The van der Waals surface area contributed by atoms with Gasteiger partial charge in [-0.05, 0) is 48.9 Å². The normalized spacial score (nSPS) is 12.4. The Morgan fingerprint density at radius 2 is 1.94 bits per heavy atom. The molecular weight excluding hydrogens is 254 g/mol. The highest BCUT2D eigenvalue weighted by Crippen LogP contribution is 2.28. The van der Waals surface area contributed by atoms with Crippen LogP contribution in [-0.2, 0) is 0 Å². The molecule has 1 aromatic carbocycles. The molecule has 0 aliphatic carbocycles. The number of pyridine rings is 1. The molecule has 0 bridgehead atoms. The van der Waals surface area contributed by atoms with Gasteiger partial charge in [-0.15, -0.1) is 0 Å². The summed E-state index contributed by atoms with van der Waals surface area (Å²) in [6.07, 6.45) is 1.24. The average molecular weight is 266 g/mol. The van der Waals surface area contributed by atoms with Crippen molar-refractivity contribution in [2.24, 2.45) is 0 Å². The van der Waals surface area contributed by atoms with Crippen molar-refractivity contribution in [3.05, 3.63) is 53.2 Å². The Balaban J connectivity index is 2.18.